The first-order chi connectivity index (χ1) is 8.22. The van der Waals surface area contributed by atoms with Gasteiger partial charge in [0.2, 0.25) is 0 Å². The highest BCUT2D eigenvalue weighted by Gasteiger charge is 2.25. The molecule has 1 aliphatic heterocycles. The monoisotopic (exact) mass is 254 g/mol. The second-order valence-electron chi connectivity index (χ2n) is 4.56. The zero-order valence-electron chi connectivity index (χ0n) is 10.1. The molecular formula is C13H19ClN2O. The van der Waals surface area contributed by atoms with Gasteiger partial charge < -0.3 is 15.3 Å². The Morgan fingerprint density at radius 3 is 2.76 bits per heavy atom. The Balaban J connectivity index is 2.26. The van der Waals surface area contributed by atoms with E-state index in [-0.39, 0.29) is 12.6 Å². The van der Waals surface area contributed by atoms with E-state index < -0.39 is 0 Å². The molecule has 2 atom stereocenters. The largest absolute Gasteiger partial charge is 0.394 e. The molecule has 1 aliphatic rings. The molecule has 0 aromatic heterocycles. The van der Waals surface area contributed by atoms with E-state index in [1.807, 2.05) is 24.3 Å². The number of hydrogen-bond donors (Lipinski definition) is 2. The summed E-state index contributed by atoms with van der Waals surface area (Å²) in [7, 11) is 0. The van der Waals surface area contributed by atoms with Crippen LogP contribution in [0.2, 0.25) is 5.02 Å². The molecule has 17 heavy (non-hydrogen) atoms. The number of nitrogens with one attached hydrogen (secondary N) is 1. The number of rotatable bonds is 2. The van der Waals surface area contributed by atoms with Crippen LogP contribution in [0.5, 0.6) is 0 Å². The molecule has 0 amide bonds. The fourth-order valence-corrected chi connectivity index (χ4v) is 2.53. The van der Waals surface area contributed by atoms with Gasteiger partial charge in [-0.3, -0.25) is 0 Å². The smallest absolute Gasteiger partial charge is 0.0648 e. The van der Waals surface area contributed by atoms with E-state index in [9.17, 15) is 5.11 Å². The lowest BCUT2D eigenvalue weighted by Crippen LogP contribution is -2.46. The molecule has 1 heterocycles. The van der Waals surface area contributed by atoms with Crippen molar-refractivity contribution in [1.29, 1.82) is 0 Å². The molecule has 2 rings (SSSR count). The Morgan fingerprint density at radius 1 is 1.41 bits per heavy atom. The first kappa shape index (κ1) is 12.7. The number of aliphatic hydroxyl groups excluding tert-OH is 1. The quantitative estimate of drug-likeness (QED) is 0.846. The van der Waals surface area contributed by atoms with Gasteiger partial charge in [0, 0.05) is 23.3 Å². The van der Waals surface area contributed by atoms with Gasteiger partial charge in [0.15, 0.2) is 0 Å². The Labute approximate surface area is 107 Å². The standard InChI is InChI=1S/C13H19ClN2O/c1-10-6-7-15-8-13(9-17)16(10)12-4-2-11(14)3-5-12/h2-5,10,13,15,17H,6-9H2,1H3. The van der Waals surface area contributed by atoms with Gasteiger partial charge in [-0.1, -0.05) is 11.6 Å². The summed E-state index contributed by atoms with van der Waals surface area (Å²) in [5.74, 6) is 0. The molecule has 2 N–H and O–H groups in total. The molecule has 0 bridgehead atoms. The van der Waals surface area contributed by atoms with Crippen molar-refractivity contribution >= 4 is 17.3 Å². The summed E-state index contributed by atoms with van der Waals surface area (Å²) in [6.07, 6.45) is 1.08. The molecule has 0 radical (unpaired) electrons. The molecule has 0 aliphatic carbocycles. The van der Waals surface area contributed by atoms with Crippen LogP contribution in [0.4, 0.5) is 5.69 Å². The van der Waals surface area contributed by atoms with Crippen molar-refractivity contribution in [2.24, 2.45) is 0 Å². The maximum absolute atomic E-state index is 9.51. The summed E-state index contributed by atoms with van der Waals surface area (Å²) in [6, 6.07) is 8.39. The maximum Gasteiger partial charge on any atom is 0.0648 e. The van der Waals surface area contributed by atoms with Gasteiger partial charge in [-0.15, -0.1) is 0 Å². The third-order valence-corrected chi connectivity index (χ3v) is 3.57. The minimum Gasteiger partial charge on any atom is -0.394 e. The zero-order chi connectivity index (χ0) is 12.3. The summed E-state index contributed by atoms with van der Waals surface area (Å²) < 4.78 is 0. The normalized spacial score (nSPS) is 25.7. The van der Waals surface area contributed by atoms with Crippen molar-refractivity contribution in [3.8, 4) is 0 Å². The molecule has 0 saturated carbocycles. The van der Waals surface area contributed by atoms with Crippen molar-refractivity contribution < 1.29 is 5.11 Å². The molecule has 1 aromatic carbocycles. The zero-order valence-corrected chi connectivity index (χ0v) is 10.8. The van der Waals surface area contributed by atoms with E-state index in [1.54, 1.807) is 0 Å². The Hall–Kier alpha value is -0.770. The summed E-state index contributed by atoms with van der Waals surface area (Å²) >= 11 is 5.91. The van der Waals surface area contributed by atoms with Gasteiger partial charge in [-0.05, 0) is 44.2 Å². The number of nitrogens with zero attached hydrogens (tertiary/aromatic N) is 1. The van der Waals surface area contributed by atoms with E-state index in [1.165, 1.54) is 0 Å². The number of halogens is 1. The van der Waals surface area contributed by atoms with Crippen molar-refractivity contribution in [1.82, 2.24) is 5.32 Å². The number of aliphatic hydroxyl groups is 1. The van der Waals surface area contributed by atoms with Crippen molar-refractivity contribution in [2.75, 3.05) is 24.6 Å². The van der Waals surface area contributed by atoms with E-state index in [0.29, 0.717) is 6.04 Å². The van der Waals surface area contributed by atoms with Gasteiger partial charge in [0.1, 0.15) is 0 Å². The van der Waals surface area contributed by atoms with Crippen molar-refractivity contribution in [2.45, 2.75) is 25.4 Å². The lowest BCUT2D eigenvalue weighted by Gasteiger charge is -2.35. The summed E-state index contributed by atoms with van der Waals surface area (Å²) in [4.78, 5) is 2.29. The molecule has 3 nitrogen and oxygen atoms in total. The predicted octanol–water partition coefficient (Wildman–Crippen LogP) is 1.89. The van der Waals surface area contributed by atoms with Gasteiger partial charge in [0.05, 0.1) is 12.6 Å². The van der Waals surface area contributed by atoms with Crippen LogP contribution in [0.1, 0.15) is 13.3 Å². The van der Waals surface area contributed by atoms with Crippen LogP contribution < -0.4 is 10.2 Å². The van der Waals surface area contributed by atoms with Gasteiger partial charge in [-0.25, -0.2) is 0 Å². The van der Waals surface area contributed by atoms with Crippen LogP contribution in [0, 0.1) is 0 Å². The molecular weight excluding hydrogens is 236 g/mol. The maximum atomic E-state index is 9.51. The van der Waals surface area contributed by atoms with E-state index in [2.05, 4.69) is 17.1 Å². The van der Waals surface area contributed by atoms with Gasteiger partial charge in [-0.2, -0.15) is 0 Å². The molecule has 1 aromatic rings. The highest BCUT2D eigenvalue weighted by atomic mass is 35.5. The minimum atomic E-state index is 0.133. The molecule has 1 saturated heterocycles. The van der Waals surface area contributed by atoms with Crippen molar-refractivity contribution in [3.05, 3.63) is 29.3 Å². The average molecular weight is 255 g/mol. The predicted molar refractivity (Wildman–Crippen MR) is 71.8 cm³/mol. The third-order valence-electron chi connectivity index (χ3n) is 3.32. The molecule has 2 unspecified atom stereocenters. The number of hydrogen-bond acceptors (Lipinski definition) is 3. The first-order valence-electron chi connectivity index (χ1n) is 6.08. The first-order valence-corrected chi connectivity index (χ1v) is 6.45. The Kier molecular flexibility index (Phi) is 4.26. The van der Waals surface area contributed by atoms with Crippen LogP contribution in [-0.4, -0.2) is 36.9 Å². The number of benzene rings is 1. The molecule has 0 spiro atoms. The molecule has 94 valence electrons. The summed E-state index contributed by atoms with van der Waals surface area (Å²) in [5.41, 5.74) is 1.13. The van der Waals surface area contributed by atoms with E-state index >= 15 is 0 Å². The molecule has 4 heteroatoms. The Morgan fingerprint density at radius 2 is 2.12 bits per heavy atom. The third kappa shape index (κ3) is 2.92. The van der Waals surface area contributed by atoms with Crippen LogP contribution >= 0.6 is 11.6 Å². The SMILES string of the molecule is CC1CCNCC(CO)N1c1ccc(Cl)cc1. The van der Waals surface area contributed by atoms with Crippen LogP contribution in [0.3, 0.4) is 0 Å². The number of anilines is 1. The van der Waals surface area contributed by atoms with Crippen molar-refractivity contribution in [3.63, 3.8) is 0 Å². The van der Waals surface area contributed by atoms with Crippen LogP contribution in [0.25, 0.3) is 0 Å². The van der Waals surface area contributed by atoms with Crippen LogP contribution in [0.15, 0.2) is 24.3 Å². The lowest BCUT2D eigenvalue weighted by molar-refractivity contribution is 0.256. The fourth-order valence-electron chi connectivity index (χ4n) is 2.41. The molecule has 1 fully saturated rings. The van der Waals surface area contributed by atoms with E-state index in [0.717, 1.165) is 30.2 Å². The fraction of sp³-hybridized carbons (Fsp3) is 0.538. The topological polar surface area (TPSA) is 35.5 Å². The second kappa shape index (κ2) is 5.71. The lowest BCUT2D eigenvalue weighted by atomic mass is 10.1. The highest BCUT2D eigenvalue weighted by Crippen LogP contribution is 2.24. The van der Waals surface area contributed by atoms with E-state index in [4.69, 9.17) is 11.6 Å². The highest BCUT2D eigenvalue weighted by molar-refractivity contribution is 6.30. The van der Waals surface area contributed by atoms with Gasteiger partial charge in [0.25, 0.3) is 0 Å². The van der Waals surface area contributed by atoms with Crippen LogP contribution in [-0.2, 0) is 0 Å². The summed E-state index contributed by atoms with van der Waals surface area (Å²) in [6.45, 7) is 4.19. The van der Waals surface area contributed by atoms with Gasteiger partial charge >= 0.3 is 0 Å². The average Bonchev–Trinajstić information content (AvgIpc) is 2.52. The summed E-state index contributed by atoms with van der Waals surface area (Å²) in [5, 5.41) is 13.6. The minimum absolute atomic E-state index is 0.133. The second-order valence-corrected chi connectivity index (χ2v) is 5.00. The Bertz CT molecular complexity index is 355.